The predicted octanol–water partition coefficient (Wildman–Crippen LogP) is 2.27. The summed E-state index contributed by atoms with van der Waals surface area (Å²) in [6.07, 6.45) is 9.82. The Hall–Kier alpha value is -1.29. The smallest absolute Gasteiger partial charge is 0.0701 e. The van der Waals surface area contributed by atoms with Gasteiger partial charge < -0.3 is 19.5 Å². The van der Waals surface area contributed by atoms with Gasteiger partial charge in [0.2, 0.25) is 0 Å². The van der Waals surface area contributed by atoms with Crippen molar-refractivity contribution in [1.29, 1.82) is 0 Å². The molecule has 130 valence electrons. The van der Waals surface area contributed by atoms with Gasteiger partial charge in [-0.15, -0.1) is 12.3 Å². The summed E-state index contributed by atoms with van der Waals surface area (Å²) in [7, 11) is 0. The van der Waals surface area contributed by atoms with Gasteiger partial charge in [0.05, 0.1) is 39.6 Å². The molecule has 1 rings (SSSR count). The molecule has 0 amide bonds. The van der Waals surface area contributed by atoms with Crippen LogP contribution in [-0.4, -0.2) is 58.3 Å². The highest BCUT2D eigenvalue weighted by Crippen LogP contribution is 2.21. The maximum Gasteiger partial charge on any atom is 0.0701 e. The fourth-order valence-corrected chi connectivity index (χ4v) is 2.48. The van der Waals surface area contributed by atoms with Crippen molar-refractivity contribution >= 4 is 0 Å². The number of azide groups is 1. The van der Waals surface area contributed by atoms with Gasteiger partial charge >= 0.3 is 0 Å². The minimum absolute atomic E-state index is 0.182. The molecule has 0 aromatic rings. The summed E-state index contributed by atoms with van der Waals surface area (Å²) in [5, 5.41) is 7.26. The molecule has 1 N–H and O–H groups in total. The number of hydrogen-bond acceptors (Lipinski definition) is 5. The average Bonchev–Trinajstić information content (AvgIpc) is 2.57. The first-order valence-electron chi connectivity index (χ1n) is 8.31. The van der Waals surface area contributed by atoms with Crippen LogP contribution in [0.25, 0.3) is 10.4 Å². The molecule has 0 unspecified atom stereocenters. The number of hydrogen-bond donors (Lipinski definition) is 1. The molecule has 1 aliphatic rings. The van der Waals surface area contributed by atoms with Crippen molar-refractivity contribution in [2.45, 2.75) is 44.2 Å². The maximum absolute atomic E-state index is 8.41. The summed E-state index contributed by atoms with van der Waals surface area (Å²) in [5.41, 5.74) is 8.41. The van der Waals surface area contributed by atoms with E-state index >= 15 is 0 Å². The van der Waals surface area contributed by atoms with Gasteiger partial charge in [-0.25, -0.2) is 0 Å². The Morgan fingerprint density at radius 3 is 2.22 bits per heavy atom. The van der Waals surface area contributed by atoms with Crippen LogP contribution in [0.5, 0.6) is 0 Å². The van der Waals surface area contributed by atoms with Crippen molar-refractivity contribution in [2.24, 2.45) is 5.11 Å². The van der Waals surface area contributed by atoms with E-state index in [1.807, 2.05) is 0 Å². The molecule has 7 heteroatoms. The molecule has 0 saturated heterocycles. The van der Waals surface area contributed by atoms with Crippen LogP contribution in [-0.2, 0) is 14.2 Å². The summed E-state index contributed by atoms with van der Waals surface area (Å²) in [6.45, 7) is 4.42. The summed E-state index contributed by atoms with van der Waals surface area (Å²) in [5.74, 6) is 2.52. The second-order valence-corrected chi connectivity index (χ2v) is 5.46. The van der Waals surface area contributed by atoms with Crippen molar-refractivity contribution in [3.8, 4) is 12.3 Å². The molecular weight excluding hydrogens is 296 g/mol. The van der Waals surface area contributed by atoms with Crippen LogP contribution in [0.1, 0.15) is 32.1 Å². The largest absolute Gasteiger partial charge is 0.378 e. The predicted molar refractivity (Wildman–Crippen MR) is 89.1 cm³/mol. The van der Waals surface area contributed by atoms with Gasteiger partial charge in [-0.2, -0.15) is 0 Å². The molecule has 1 fully saturated rings. The van der Waals surface area contributed by atoms with Gasteiger partial charge in [0, 0.05) is 30.0 Å². The SMILES string of the molecule is C#CCCOCCOCCOCCNC1CCC(N=[N+]=[N-])CC1. The molecule has 0 heterocycles. The third-order valence-corrected chi connectivity index (χ3v) is 3.73. The van der Waals surface area contributed by atoms with Crippen LogP contribution in [0.15, 0.2) is 5.11 Å². The van der Waals surface area contributed by atoms with Gasteiger partial charge in [0.25, 0.3) is 0 Å². The van der Waals surface area contributed by atoms with Gasteiger partial charge in [0.15, 0.2) is 0 Å². The first-order chi connectivity index (χ1) is 11.4. The Bertz CT molecular complexity index is 372. The molecule has 0 aromatic carbocycles. The highest BCUT2D eigenvalue weighted by molar-refractivity contribution is 4.82. The van der Waals surface area contributed by atoms with Crippen LogP contribution in [0.2, 0.25) is 0 Å². The minimum atomic E-state index is 0.182. The number of nitrogens with one attached hydrogen (secondary N) is 1. The van der Waals surface area contributed by atoms with E-state index in [0.717, 1.165) is 32.2 Å². The van der Waals surface area contributed by atoms with Crippen LogP contribution >= 0.6 is 0 Å². The lowest BCUT2D eigenvalue weighted by atomic mass is 9.92. The second kappa shape index (κ2) is 14.3. The van der Waals surface area contributed by atoms with Crippen LogP contribution in [0, 0.1) is 12.3 Å². The van der Waals surface area contributed by atoms with E-state index < -0.39 is 0 Å². The second-order valence-electron chi connectivity index (χ2n) is 5.46. The maximum atomic E-state index is 8.41. The molecule has 1 saturated carbocycles. The Balaban J connectivity index is 1.80. The van der Waals surface area contributed by atoms with Crippen LogP contribution in [0.4, 0.5) is 0 Å². The Kier molecular flexibility index (Phi) is 12.3. The lowest BCUT2D eigenvalue weighted by Gasteiger charge is -2.26. The fourth-order valence-electron chi connectivity index (χ4n) is 2.48. The van der Waals surface area contributed by atoms with E-state index in [1.165, 1.54) is 0 Å². The van der Waals surface area contributed by atoms with Crippen molar-refractivity contribution in [2.75, 3.05) is 46.2 Å². The van der Waals surface area contributed by atoms with Gasteiger partial charge in [-0.05, 0) is 31.2 Å². The van der Waals surface area contributed by atoms with E-state index in [1.54, 1.807) is 0 Å². The monoisotopic (exact) mass is 324 g/mol. The van der Waals surface area contributed by atoms with Crippen molar-refractivity contribution in [3.05, 3.63) is 10.4 Å². The van der Waals surface area contributed by atoms with Gasteiger partial charge in [-0.1, -0.05) is 5.11 Å². The standard InChI is InChI=1S/C16H28N4O3/c1-2-3-9-21-11-13-23-14-12-22-10-8-18-15-4-6-16(7-5-15)19-20-17/h1,15-16,18H,3-14H2. The minimum Gasteiger partial charge on any atom is -0.378 e. The average molecular weight is 324 g/mol. The summed E-state index contributed by atoms with van der Waals surface area (Å²) in [6, 6.07) is 0.696. The topological polar surface area (TPSA) is 88.5 Å². The molecular formula is C16H28N4O3. The highest BCUT2D eigenvalue weighted by atomic mass is 16.5. The molecule has 7 nitrogen and oxygen atoms in total. The first-order valence-corrected chi connectivity index (χ1v) is 8.31. The summed E-state index contributed by atoms with van der Waals surface area (Å²) in [4.78, 5) is 2.88. The van der Waals surface area contributed by atoms with Crippen molar-refractivity contribution in [3.63, 3.8) is 0 Å². The van der Waals surface area contributed by atoms with E-state index in [-0.39, 0.29) is 6.04 Å². The number of rotatable bonds is 13. The zero-order valence-electron chi connectivity index (χ0n) is 13.8. The zero-order valence-corrected chi connectivity index (χ0v) is 13.8. The molecule has 0 aliphatic heterocycles. The molecule has 0 spiro atoms. The highest BCUT2D eigenvalue weighted by Gasteiger charge is 2.19. The molecule has 0 radical (unpaired) electrons. The van der Waals surface area contributed by atoms with Crippen LogP contribution in [0.3, 0.4) is 0 Å². The first kappa shape index (κ1) is 19.8. The van der Waals surface area contributed by atoms with Gasteiger partial charge in [0.1, 0.15) is 0 Å². The van der Waals surface area contributed by atoms with Crippen molar-refractivity contribution in [1.82, 2.24) is 5.32 Å². The molecule has 0 atom stereocenters. The van der Waals surface area contributed by atoms with E-state index in [4.69, 9.17) is 26.2 Å². The molecule has 0 bridgehead atoms. The lowest BCUT2D eigenvalue weighted by molar-refractivity contribution is 0.0158. The van der Waals surface area contributed by atoms with Crippen LogP contribution < -0.4 is 5.32 Å². The number of ether oxygens (including phenoxy) is 3. The Morgan fingerprint density at radius 1 is 1.00 bits per heavy atom. The number of terminal acetylenes is 1. The summed E-state index contributed by atoms with van der Waals surface area (Å²) >= 11 is 0. The molecule has 23 heavy (non-hydrogen) atoms. The molecule has 1 aliphatic carbocycles. The summed E-state index contributed by atoms with van der Waals surface area (Å²) < 4.78 is 16.2. The Labute approximate surface area is 138 Å². The van der Waals surface area contributed by atoms with E-state index in [0.29, 0.717) is 52.1 Å². The van der Waals surface area contributed by atoms with Gasteiger partial charge in [-0.3, -0.25) is 0 Å². The normalized spacial score (nSPS) is 20.7. The molecule has 0 aromatic heterocycles. The van der Waals surface area contributed by atoms with E-state index in [2.05, 4.69) is 21.3 Å². The third-order valence-electron chi connectivity index (χ3n) is 3.73. The Morgan fingerprint density at radius 2 is 1.61 bits per heavy atom. The lowest BCUT2D eigenvalue weighted by Crippen LogP contribution is -2.36. The quantitative estimate of drug-likeness (QED) is 0.185. The fraction of sp³-hybridized carbons (Fsp3) is 0.875. The number of nitrogens with zero attached hydrogens (tertiary/aromatic N) is 3. The van der Waals surface area contributed by atoms with E-state index in [9.17, 15) is 0 Å². The van der Waals surface area contributed by atoms with Crippen molar-refractivity contribution < 1.29 is 14.2 Å². The third kappa shape index (κ3) is 11.0. The zero-order chi connectivity index (χ0) is 16.6.